The van der Waals surface area contributed by atoms with E-state index in [9.17, 15) is 14.4 Å². The molecular weight excluding hydrogens is 460 g/mol. The van der Waals surface area contributed by atoms with E-state index in [2.05, 4.69) is 10.6 Å². The lowest BCUT2D eigenvalue weighted by Crippen LogP contribution is -2.39. The smallest absolute Gasteiger partial charge is 0.317 e. The Balaban J connectivity index is 1.32. The average Bonchev–Trinajstić information content (AvgIpc) is 3.35. The van der Waals surface area contributed by atoms with Gasteiger partial charge in [0.2, 0.25) is 5.91 Å². The van der Waals surface area contributed by atoms with Gasteiger partial charge in [-0.05, 0) is 55.2 Å². The van der Waals surface area contributed by atoms with Crippen LogP contribution in [0.25, 0.3) is 0 Å². The maximum Gasteiger partial charge on any atom is 0.317 e. The summed E-state index contributed by atoms with van der Waals surface area (Å²) in [4.78, 5) is 37.6. The minimum atomic E-state index is -0.822. The summed E-state index contributed by atoms with van der Waals surface area (Å²) >= 11 is 6.06. The topological polar surface area (TPSA) is 103 Å². The first kappa shape index (κ1) is 23.9. The summed E-state index contributed by atoms with van der Waals surface area (Å²) in [5.41, 5.74) is 1.29. The lowest BCUT2D eigenvalue weighted by Gasteiger charge is -2.28. The predicted molar refractivity (Wildman–Crippen MR) is 126 cm³/mol. The van der Waals surface area contributed by atoms with Crippen LogP contribution >= 0.6 is 11.6 Å². The number of hydrogen-bond acceptors (Lipinski definition) is 6. The molecule has 0 saturated heterocycles. The minimum absolute atomic E-state index is 0.254. The van der Waals surface area contributed by atoms with E-state index >= 15 is 0 Å². The number of esters is 1. The fourth-order valence-electron chi connectivity index (χ4n) is 4.37. The molecule has 1 saturated carbocycles. The first-order valence-electron chi connectivity index (χ1n) is 11.3. The van der Waals surface area contributed by atoms with Crippen molar-refractivity contribution < 1.29 is 28.6 Å². The average molecular weight is 487 g/mol. The molecule has 0 unspecified atom stereocenters. The van der Waals surface area contributed by atoms with E-state index in [4.69, 9.17) is 25.8 Å². The van der Waals surface area contributed by atoms with Gasteiger partial charge in [0, 0.05) is 10.7 Å². The van der Waals surface area contributed by atoms with E-state index in [0.29, 0.717) is 48.3 Å². The molecule has 2 N–H and O–H groups in total. The molecule has 0 bridgehead atoms. The third kappa shape index (κ3) is 5.12. The Labute approximate surface area is 202 Å². The van der Waals surface area contributed by atoms with Crippen LogP contribution in [0.3, 0.4) is 0 Å². The van der Waals surface area contributed by atoms with E-state index < -0.39 is 29.8 Å². The molecule has 2 aromatic rings. The molecule has 180 valence electrons. The van der Waals surface area contributed by atoms with Crippen molar-refractivity contribution in [3.63, 3.8) is 0 Å². The van der Waals surface area contributed by atoms with Crippen LogP contribution in [0, 0.1) is 6.92 Å². The number of carbonyl (C=O) groups is 3. The number of fused-ring (bicyclic) bond motifs is 1. The van der Waals surface area contributed by atoms with Crippen molar-refractivity contribution >= 4 is 35.1 Å². The standard InChI is InChI=1S/C25H27ClN2O6/c1-16-18(26)5-4-6-19(16)28-22(29)14-27-23(30)15-34-24(31)25(9-2-3-10-25)17-7-8-20-21(13-17)33-12-11-32-20/h4-8,13H,2-3,9-12,14-15H2,1H3,(H,27,30)(H,28,29). The third-order valence-corrected chi connectivity index (χ3v) is 6.67. The number of rotatable bonds is 7. The number of nitrogens with one attached hydrogen (secondary N) is 2. The molecule has 4 rings (SSSR count). The fourth-order valence-corrected chi connectivity index (χ4v) is 4.54. The molecule has 1 heterocycles. The number of ether oxygens (including phenoxy) is 3. The number of benzene rings is 2. The molecule has 2 aliphatic rings. The molecule has 1 aliphatic heterocycles. The molecule has 2 amide bonds. The van der Waals surface area contributed by atoms with Crippen molar-refractivity contribution in [2.75, 3.05) is 31.7 Å². The van der Waals surface area contributed by atoms with Gasteiger partial charge in [0.25, 0.3) is 5.91 Å². The lowest BCUT2D eigenvalue weighted by molar-refractivity contribution is -0.154. The molecule has 34 heavy (non-hydrogen) atoms. The van der Waals surface area contributed by atoms with Crippen molar-refractivity contribution in [1.82, 2.24) is 5.32 Å². The zero-order valence-corrected chi connectivity index (χ0v) is 19.7. The van der Waals surface area contributed by atoms with E-state index in [1.807, 2.05) is 18.2 Å². The van der Waals surface area contributed by atoms with Crippen molar-refractivity contribution in [3.8, 4) is 11.5 Å². The van der Waals surface area contributed by atoms with E-state index in [1.54, 1.807) is 25.1 Å². The van der Waals surface area contributed by atoms with Crippen LogP contribution < -0.4 is 20.1 Å². The summed E-state index contributed by atoms with van der Waals surface area (Å²) < 4.78 is 16.6. The Hall–Kier alpha value is -3.26. The van der Waals surface area contributed by atoms with Gasteiger partial charge < -0.3 is 24.8 Å². The second kappa shape index (κ2) is 10.3. The van der Waals surface area contributed by atoms with Crippen molar-refractivity contribution in [1.29, 1.82) is 0 Å². The largest absolute Gasteiger partial charge is 0.486 e. The SMILES string of the molecule is Cc1c(Cl)cccc1NC(=O)CNC(=O)COC(=O)C1(c2ccc3c(c2)OCCO3)CCCC1. The number of halogens is 1. The van der Waals surface area contributed by atoms with Gasteiger partial charge in [-0.15, -0.1) is 0 Å². The third-order valence-electron chi connectivity index (χ3n) is 6.26. The van der Waals surface area contributed by atoms with Gasteiger partial charge in [0.1, 0.15) is 13.2 Å². The van der Waals surface area contributed by atoms with Gasteiger partial charge in [0.15, 0.2) is 18.1 Å². The fraction of sp³-hybridized carbons (Fsp3) is 0.400. The van der Waals surface area contributed by atoms with E-state index in [0.717, 1.165) is 24.0 Å². The normalized spacial score (nSPS) is 15.9. The zero-order valence-electron chi connectivity index (χ0n) is 18.9. The lowest BCUT2D eigenvalue weighted by atomic mass is 9.78. The summed E-state index contributed by atoms with van der Waals surface area (Å²) in [7, 11) is 0. The molecule has 1 aliphatic carbocycles. The van der Waals surface area contributed by atoms with Crippen molar-refractivity contribution in [2.24, 2.45) is 0 Å². The van der Waals surface area contributed by atoms with Crippen LogP contribution in [0.5, 0.6) is 11.5 Å². The number of hydrogen-bond donors (Lipinski definition) is 2. The summed E-state index contributed by atoms with van der Waals surface area (Å²) in [5, 5.41) is 5.71. The Kier molecular flexibility index (Phi) is 7.26. The molecule has 1 fully saturated rings. The first-order valence-corrected chi connectivity index (χ1v) is 11.7. The maximum atomic E-state index is 13.1. The highest BCUT2D eigenvalue weighted by molar-refractivity contribution is 6.31. The van der Waals surface area contributed by atoms with Crippen molar-refractivity contribution in [3.05, 3.63) is 52.5 Å². The minimum Gasteiger partial charge on any atom is -0.486 e. The quantitative estimate of drug-likeness (QED) is 0.580. The van der Waals surface area contributed by atoms with Crippen LogP contribution in [0.2, 0.25) is 5.02 Å². The number of carbonyl (C=O) groups excluding carboxylic acids is 3. The van der Waals surface area contributed by atoms with Gasteiger partial charge in [-0.25, -0.2) is 0 Å². The maximum absolute atomic E-state index is 13.1. The summed E-state index contributed by atoms with van der Waals surface area (Å²) in [6, 6.07) is 10.7. The van der Waals surface area contributed by atoms with Gasteiger partial charge in [0.05, 0.1) is 12.0 Å². The number of amides is 2. The zero-order chi connectivity index (χ0) is 24.1. The Bertz CT molecular complexity index is 1100. The van der Waals surface area contributed by atoms with E-state index in [-0.39, 0.29) is 6.54 Å². The first-order chi connectivity index (χ1) is 16.4. The second-order valence-electron chi connectivity index (χ2n) is 8.46. The van der Waals surface area contributed by atoms with Gasteiger partial charge >= 0.3 is 5.97 Å². The Morgan fingerprint density at radius 1 is 1.03 bits per heavy atom. The molecule has 0 atom stereocenters. The second-order valence-corrected chi connectivity index (χ2v) is 8.87. The van der Waals surface area contributed by atoms with Crippen LogP contribution in [-0.2, 0) is 24.5 Å². The molecule has 9 heteroatoms. The van der Waals surface area contributed by atoms with Gasteiger partial charge in [-0.1, -0.05) is 36.6 Å². The van der Waals surface area contributed by atoms with Gasteiger partial charge in [-0.2, -0.15) is 0 Å². The highest BCUT2D eigenvalue weighted by Gasteiger charge is 2.45. The van der Waals surface area contributed by atoms with Crippen LogP contribution in [-0.4, -0.2) is 44.1 Å². The highest BCUT2D eigenvalue weighted by Crippen LogP contribution is 2.45. The Morgan fingerprint density at radius 2 is 1.76 bits per heavy atom. The summed E-state index contributed by atoms with van der Waals surface area (Å²) in [5.74, 6) is -0.144. The van der Waals surface area contributed by atoms with Crippen LogP contribution in [0.1, 0.15) is 36.8 Å². The number of anilines is 1. The molecule has 8 nitrogen and oxygen atoms in total. The molecule has 0 aromatic heterocycles. The summed E-state index contributed by atoms with van der Waals surface area (Å²) in [6.45, 7) is 2.02. The van der Waals surface area contributed by atoms with Gasteiger partial charge in [-0.3, -0.25) is 14.4 Å². The monoisotopic (exact) mass is 486 g/mol. The van der Waals surface area contributed by atoms with E-state index in [1.165, 1.54) is 0 Å². The molecular formula is C25H27ClN2O6. The molecule has 2 aromatic carbocycles. The molecule has 0 radical (unpaired) electrons. The van der Waals surface area contributed by atoms with Crippen molar-refractivity contribution in [2.45, 2.75) is 38.0 Å². The van der Waals surface area contributed by atoms with Crippen LogP contribution in [0.15, 0.2) is 36.4 Å². The summed E-state index contributed by atoms with van der Waals surface area (Å²) in [6.07, 6.45) is 3.04. The highest BCUT2D eigenvalue weighted by atomic mass is 35.5. The predicted octanol–water partition coefficient (Wildman–Crippen LogP) is 3.53. The molecule has 0 spiro atoms. The van der Waals surface area contributed by atoms with Crippen LogP contribution in [0.4, 0.5) is 5.69 Å². The Morgan fingerprint density at radius 3 is 2.53 bits per heavy atom.